The average molecular weight is 481 g/mol. The number of fused-ring (bicyclic) bond motifs is 4. The quantitative estimate of drug-likeness (QED) is 0.357. The summed E-state index contributed by atoms with van der Waals surface area (Å²) >= 11 is 0. The number of aryl methyl sites for hydroxylation is 1. The third-order valence-corrected chi connectivity index (χ3v) is 6.60. The number of hydrogen-bond acceptors (Lipinski definition) is 7. The number of phenols is 1. The predicted molar refractivity (Wildman–Crippen MR) is 133 cm³/mol. The second kappa shape index (κ2) is 8.57. The van der Waals surface area contributed by atoms with Crippen molar-refractivity contribution in [2.45, 2.75) is 26.4 Å². The number of aromatic nitrogens is 4. The SMILES string of the molecule is COc1ccc(C2c3ccc(O)cc3Oc3ncn4nc(COc5cccc(C)c5C)nc4c32)cc1. The van der Waals surface area contributed by atoms with Gasteiger partial charge in [-0.1, -0.05) is 30.3 Å². The number of phenolic OH excluding ortho intramolecular Hbond substituents is 1. The van der Waals surface area contributed by atoms with Crippen molar-refractivity contribution < 1.29 is 19.3 Å². The summed E-state index contributed by atoms with van der Waals surface area (Å²) in [5.74, 6) is 2.98. The maximum atomic E-state index is 10.1. The van der Waals surface area contributed by atoms with E-state index >= 15 is 0 Å². The summed E-state index contributed by atoms with van der Waals surface area (Å²) in [6, 6.07) is 19.0. The van der Waals surface area contributed by atoms with Gasteiger partial charge in [-0.3, -0.25) is 0 Å². The summed E-state index contributed by atoms with van der Waals surface area (Å²) < 4.78 is 19.2. The van der Waals surface area contributed by atoms with Gasteiger partial charge in [-0.25, -0.2) is 14.5 Å². The second-order valence-corrected chi connectivity index (χ2v) is 8.78. The summed E-state index contributed by atoms with van der Waals surface area (Å²) in [5, 5.41) is 14.7. The molecule has 1 unspecified atom stereocenters. The molecule has 0 saturated carbocycles. The molecule has 2 aromatic heterocycles. The Morgan fingerprint density at radius 2 is 1.89 bits per heavy atom. The summed E-state index contributed by atoms with van der Waals surface area (Å²) in [7, 11) is 1.64. The molecular formula is C28H24N4O4. The van der Waals surface area contributed by atoms with E-state index in [0.717, 1.165) is 39.3 Å². The van der Waals surface area contributed by atoms with Crippen LogP contribution in [-0.4, -0.2) is 31.8 Å². The van der Waals surface area contributed by atoms with Gasteiger partial charge in [0.2, 0.25) is 5.88 Å². The molecular weight excluding hydrogens is 456 g/mol. The number of hydrogen-bond donors (Lipinski definition) is 1. The van der Waals surface area contributed by atoms with Crippen LogP contribution >= 0.6 is 0 Å². The highest BCUT2D eigenvalue weighted by molar-refractivity contribution is 5.66. The predicted octanol–water partition coefficient (Wildman–Crippen LogP) is 5.32. The van der Waals surface area contributed by atoms with Crippen molar-refractivity contribution in [1.29, 1.82) is 0 Å². The Morgan fingerprint density at radius 3 is 2.69 bits per heavy atom. The first kappa shape index (κ1) is 21.9. The molecule has 0 spiro atoms. The van der Waals surface area contributed by atoms with Crippen molar-refractivity contribution in [3.05, 3.63) is 101 Å². The minimum atomic E-state index is -0.233. The van der Waals surface area contributed by atoms with Gasteiger partial charge >= 0.3 is 0 Å². The largest absolute Gasteiger partial charge is 0.508 e. The summed E-state index contributed by atoms with van der Waals surface area (Å²) in [5.41, 5.74) is 5.60. The van der Waals surface area contributed by atoms with Crippen LogP contribution in [0, 0.1) is 13.8 Å². The summed E-state index contributed by atoms with van der Waals surface area (Å²) in [4.78, 5) is 9.36. The molecule has 1 N–H and O–H groups in total. The molecule has 0 fully saturated rings. The Hall–Kier alpha value is -4.59. The Bertz CT molecular complexity index is 1590. The molecule has 0 bridgehead atoms. The van der Waals surface area contributed by atoms with Crippen molar-refractivity contribution in [1.82, 2.24) is 19.6 Å². The molecule has 3 heterocycles. The van der Waals surface area contributed by atoms with Gasteiger partial charge in [0, 0.05) is 17.5 Å². The second-order valence-electron chi connectivity index (χ2n) is 8.78. The van der Waals surface area contributed by atoms with Gasteiger partial charge in [-0.15, -0.1) is 5.10 Å². The normalized spacial score (nSPS) is 14.1. The molecule has 8 heteroatoms. The first-order valence-corrected chi connectivity index (χ1v) is 11.6. The van der Waals surface area contributed by atoms with Crippen LogP contribution in [0.15, 0.2) is 67.0 Å². The highest BCUT2D eigenvalue weighted by atomic mass is 16.5. The van der Waals surface area contributed by atoms with Gasteiger partial charge in [0.15, 0.2) is 11.5 Å². The maximum absolute atomic E-state index is 10.1. The number of methoxy groups -OCH3 is 1. The van der Waals surface area contributed by atoms with Crippen molar-refractivity contribution in [2.75, 3.05) is 7.11 Å². The lowest BCUT2D eigenvalue weighted by atomic mass is 9.84. The minimum Gasteiger partial charge on any atom is -0.508 e. The van der Waals surface area contributed by atoms with Crippen molar-refractivity contribution in [3.63, 3.8) is 0 Å². The number of rotatable bonds is 5. The molecule has 8 nitrogen and oxygen atoms in total. The molecule has 5 aromatic rings. The number of ether oxygens (including phenoxy) is 3. The fourth-order valence-corrected chi connectivity index (χ4v) is 4.57. The fraction of sp³-hybridized carbons (Fsp3) is 0.179. The average Bonchev–Trinajstić information content (AvgIpc) is 3.31. The highest BCUT2D eigenvalue weighted by Gasteiger charge is 2.33. The molecule has 6 rings (SSSR count). The Labute approximate surface area is 207 Å². The molecule has 1 atom stereocenters. The van der Waals surface area contributed by atoms with E-state index in [-0.39, 0.29) is 18.3 Å². The standard InChI is InChI=1S/C28H24N4O4/c1-16-5-4-6-22(17(16)2)35-14-24-30-27-26-25(18-7-10-20(34-3)11-8-18)21-12-9-19(33)13-23(21)36-28(26)29-15-32(27)31-24/h4-13,15,25,33H,14H2,1-3H3. The highest BCUT2D eigenvalue weighted by Crippen LogP contribution is 2.48. The number of aromatic hydroxyl groups is 1. The molecule has 1 aliphatic heterocycles. The van der Waals surface area contributed by atoms with Crippen LogP contribution in [0.2, 0.25) is 0 Å². The van der Waals surface area contributed by atoms with E-state index in [1.165, 1.54) is 0 Å². The number of nitrogens with zero attached hydrogens (tertiary/aromatic N) is 4. The van der Waals surface area contributed by atoms with Crippen LogP contribution in [0.3, 0.4) is 0 Å². The van der Waals surface area contributed by atoms with E-state index < -0.39 is 0 Å². The van der Waals surface area contributed by atoms with Gasteiger partial charge in [0.05, 0.1) is 12.7 Å². The minimum absolute atomic E-state index is 0.125. The van der Waals surface area contributed by atoms with E-state index in [2.05, 4.69) is 23.1 Å². The first-order valence-electron chi connectivity index (χ1n) is 11.6. The topological polar surface area (TPSA) is 91.0 Å². The fourth-order valence-electron chi connectivity index (χ4n) is 4.57. The maximum Gasteiger partial charge on any atom is 0.228 e. The first-order chi connectivity index (χ1) is 17.5. The lowest BCUT2D eigenvalue weighted by molar-refractivity contribution is 0.294. The summed E-state index contributed by atoms with van der Waals surface area (Å²) in [6.07, 6.45) is 1.58. The van der Waals surface area contributed by atoms with Gasteiger partial charge in [-0.05, 0) is 54.8 Å². The summed E-state index contributed by atoms with van der Waals surface area (Å²) in [6.45, 7) is 4.31. The molecule has 3 aromatic carbocycles. The lowest BCUT2D eigenvalue weighted by Gasteiger charge is -2.28. The lowest BCUT2D eigenvalue weighted by Crippen LogP contribution is -2.15. The Balaban J connectivity index is 1.45. The molecule has 0 radical (unpaired) electrons. The zero-order valence-corrected chi connectivity index (χ0v) is 20.1. The third kappa shape index (κ3) is 3.67. The van der Waals surface area contributed by atoms with Crippen LogP contribution in [-0.2, 0) is 6.61 Å². The van der Waals surface area contributed by atoms with Crippen molar-refractivity contribution in [2.24, 2.45) is 0 Å². The molecule has 0 amide bonds. The molecule has 1 aliphatic rings. The van der Waals surface area contributed by atoms with Gasteiger partial charge in [0.1, 0.15) is 35.9 Å². The van der Waals surface area contributed by atoms with Crippen molar-refractivity contribution in [3.8, 4) is 28.9 Å². The molecule has 180 valence electrons. The van der Waals surface area contributed by atoms with E-state index in [9.17, 15) is 5.11 Å². The zero-order valence-electron chi connectivity index (χ0n) is 20.1. The van der Waals surface area contributed by atoms with Crippen LogP contribution in [0.5, 0.6) is 28.9 Å². The molecule has 0 aliphatic carbocycles. The van der Waals surface area contributed by atoms with E-state index in [4.69, 9.17) is 19.2 Å². The Morgan fingerprint density at radius 1 is 1.06 bits per heavy atom. The van der Waals surface area contributed by atoms with Crippen LogP contribution < -0.4 is 14.2 Å². The van der Waals surface area contributed by atoms with Gasteiger partial charge in [0.25, 0.3) is 0 Å². The van der Waals surface area contributed by atoms with E-state index in [0.29, 0.717) is 23.1 Å². The van der Waals surface area contributed by atoms with Gasteiger partial charge in [-0.2, -0.15) is 0 Å². The van der Waals surface area contributed by atoms with Gasteiger partial charge < -0.3 is 19.3 Å². The third-order valence-electron chi connectivity index (χ3n) is 6.60. The monoisotopic (exact) mass is 480 g/mol. The smallest absolute Gasteiger partial charge is 0.228 e. The molecule has 0 saturated heterocycles. The van der Waals surface area contributed by atoms with Crippen LogP contribution in [0.25, 0.3) is 5.65 Å². The Kier molecular flexibility index (Phi) is 5.21. The van der Waals surface area contributed by atoms with Crippen LogP contribution in [0.1, 0.15) is 39.6 Å². The van der Waals surface area contributed by atoms with E-state index in [1.54, 1.807) is 30.1 Å². The number of benzene rings is 3. The molecule has 36 heavy (non-hydrogen) atoms. The van der Waals surface area contributed by atoms with Crippen molar-refractivity contribution >= 4 is 5.65 Å². The van der Waals surface area contributed by atoms with E-state index in [1.807, 2.05) is 49.4 Å². The zero-order chi connectivity index (χ0) is 24.8. The van der Waals surface area contributed by atoms with Crippen LogP contribution in [0.4, 0.5) is 0 Å².